The fourth-order valence-corrected chi connectivity index (χ4v) is 1.86. The van der Waals surface area contributed by atoms with E-state index in [0.717, 1.165) is 42.2 Å². The molecule has 0 unspecified atom stereocenters. The first kappa shape index (κ1) is 10.7. The van der Waals surface area contributed by atoms with Crippen LogP contribution in [0.2, 0.25) is 0 Å². The second-order valence-corrected chi connectivity index (χ2v) is 4.36. The number of ether oxygens (including phenoxy) is 1. The van der Waals surface area contributed by atoms with Gasteiger partial charge in [0.25, 0.3) is 0 Å². The summed E-state index contributed by atoms with van der Waals surface area (Å²) in [6, 6.07) is 5.83. The van der Waals surface area contributed by atoms with Crippen LogP contribution < -0.4 is 11.2 Å². The first-order valence-electron chi connectivity index (χ1n) is 4.90. The van der Waals surface area contributed by atoms with Crippen molar-refractivity contribution in [3.63, 3.8) is 0 Å². The molecule has 1 aromatic rings. The molecule has 15 heavy (non-hydrogen) atoms. The Kier molecular flexibility index (Phi) is 3.45. The van der Waals surface area contributed by atoms with Crippen molar-refractivity contribution >= 4 is 27.3 Å². The van der Waals surface area contributed by atoms with Crippen molar-refractivity contribution in [2.75, 3.05) is 37.5 Å². The number of halogens is 1. The molecule has 1 aliphatic heterocycles. The second kappa shape index (κ2) is 4.83. The van der Waals surface area contributed by atoms with Crippen LogP contribution in [0.1, 0.15) is 0 Å². The number of benzene rings is 1. The Labute approximate surface area is 97.5 Å². The Bertz CT molecular complexity index is 339. The fraction of sp³-hybridized carbons (Fsp3) is 0.400. The number of hydrogen-bond donors (Lipinski definition) is 2. The summed E-state index contributed by atoms with van der Waals surface area (Å²) >= 11 is 3.38. The summed E-state index contributed by atoms with van der Waals surface area (Å²) in [7, 11) is 0. The molecule has 1 fully saturated rings. The predicted octanol–water partition coefficient (Wildman–Crippen LogP) is 1.69. The molecular weight excluding hydrogens is 258 g/mol. The van der Waals surface area contributed by atoms with Crippen LogP contribution in [0.3, 0.4) is 0 Å². The summed E-state index contributed by atoms with van der Waals surface area (Å²) in [6.07, 6.45) is 0. The molecule has 3 N–H and O–H groups in total. The van der Waals surface area contributed by atoms with Gasteiger partial charge in [-0.2, -0.15) is 0 Å². The average molecular weight is 272 g/mol. The monoisotopic (exact) mass is 271 g/mol. The van der Waals surface area contributed by atoms with Crippen molar-refractivity contribution in [1.82, 2.24) is 5.01 Å². The van der Waals surface area contributed by atoms with Gasteiger partial charge in [-0.1, -0.05) is 15.9 Å². The molecule has 1 aliphatic rings. The maximum atomic E-state index is 5.89. The van der Waals surface area contributed by atoms with Crippen LogP contribution in [-0.4, -0.2) is 31.3 Å². The molecule has 1 saturated heterocycles. The van der Waals surface area contributed by atoms with E-state index in [9.17, 15) is 0 Å². The number of anilines is 2. The number of hydrazine groups is 1. The van der Waals surface area contributed by atoms with Gasteiger partial charge in [0, 0.05) is 17.6 Å². The highest BCUT2D eigenvalue weighted by Gasteiger charge is 2.10. The van der Waals surface area contributed by atoms with Crippen LogP contribution in [0.4, 0.5) is 11.4 Å². The molecule has 0 spiro atoms. The highest BCUT2D eigenvalue weighted by atomic mass is 79.9. The molecule has 5 heteroatoms. The number of nitrogens with two attached hydrogens (primary N) is 1. The van der Waals surface area contributed by atoms with E-state index in [1.165, 1.54) is 0 Å². The number of morpholine rings is 1. The standard InChI is InChI=1S/C10H14BrN3O/c11-8-1-2-10(9(12)7-8)13-14-3-5-15-6-4-14/h1-2,7,13H,3-6,12H2. The van der Waals surface area contributed by atoms with Crippen LogP contribution in [-0.2, 0) is 4.74 Å². The van der Waals surface area contributed by atoms with Gasteiger partial charge in [0.2, 0.25) is 0 Å². The van der Waals surface area contributed by atoms with E-state index in [1.54, 1.807) is 0 Å². The second-order valence-electron chi connectivity index (χ2n) is 3.44. The highest BCUT2D eigenvalue weighted by molar-refractivity contribution is 9.10. The van der Waals surface area contributed by atoms with Gasteiger partial charge in [0.1, 0.15) is 0 Å². The molecule has 1 heterocycles. The first-order chi connectivity index (χ1) is 7.25. The summed E-state index contributed by atoms with van der Waals surface area (Å²) in [5.74, 6) is 0. The number of nitrogen functional groups attached to an aromatic ring is 1. The fourth-order valence-electron chi connectivity index (χ4n) is 1.48. The molecule has 0 aromatic heterocycles. The lowest BCUT2D eigenvalue weighted by Gasteiger charge is -2.28. The van der Waals surface area contributed by atoms with E-state index in [4.69, 9.17) is 10.5 Å². The molecule has 0 atom stereocenters. The topological polar surface area (TPSA) is 50.5 Å². The summed E-state index contributed by atoms with van der Waals surface area (Å²) in [6.45, 7) is 3.30. The third kappa shape index (κ3) is 2.84. The van der Waals surface area contributed by atoms with Crippen LogP contribution >= 0.6 is 15.9 Å². The largest absolute Gasteiger partial charge is 0.397 e. The maximum Gasteiger partial charge on any atom is 0.0720 e. The zero-order valence-corrected chi connectivity index (χ0v) is 9.96. The molecular formula is C10H14BrN3O. The summed E-state index contributed by atoms with van der Waals surface area (Å²) in [5, 5.41) is 2.11. The van der Waals surface area contributed by atoms with Gasteiger partial charge in [-0.25, -0.2) is 5.01 Å². The first-order valence-corrected chi connectivity index (χ1v) is 5.69. The van der Waals surface area contributed by atoms with E-state index in [1.807, 2.05) is 18.2 Å². The summed E-state index contributed by atoms with van der Waals surface area (Å²) in [5.41, 5.74) is 10.9. The van der Waals surface area contributed by atoms with E-state index in [0.29, 0.717) is 0 Å². The SMILES string of the molecule is Nc1cc(Br)ccc1NN1CCOCC1. The van der Waals surface area contributed by atoms with Gasteiger partial charge in [0.15, 0.2) is 0 Å². The molecule has 0 aliphatic carbocycles. The van der Waals surface area contributed by atoms with Crippen LogP contribution in [0.25, 0.3) is 0 Å². The van der Waals surface area contributed by atoms with Gasteiger partial charge in [-0.05, 0) is 18.2 Å². The Morgan fingerprint density at radius 2 is 2.07 bits per heavy atom. The smallest absolute Gasteiger partial charge is 0.0720 e. The molecule has 2 rings (SSSR count). The van der Waals surface area contributed by atoms with E-state index >= 15 is 0 Å². The van der Waals surface area contributed by atoms with Crippen molar-refractivity contribution < 1.29 is 4.74 Å². The Morgan fingerprint density at radius 3 is 2.73 bits per heavy atom. The summed E-state index contributed by atoms with van der Waals surface area (Å²) < 4.78 is 6.26. The molecule has 0 bridgehead atoms. The van der Waals surface area contributed by atoms with Crippen molar-refractivity contribution in [2.45, 2.75) is 0 Å². The van der Waals surface area contributed by atoms with Crippen LogP contribution in [0.15, 0.2) is 22.7 Å². The minimum Gasteiger partial charge on any atom is -0.397 e. The molecule has 0 saturated carbocycles. The molecule has 0 amide bonds. The van der Waals surface area contributed by atoms with Gasteiger partial charge in [-0.15, -0.1) is 0 Å². The maximum absolute atomic E-state index is 5.89. The predicted molar refractivity (Wildman–Crippen MR) is 64.6 cm³/mol. The number of hydrogen-bond acceptors (Lipinski definition) is 4. The number of nitrogens with zero attached hydrogens (tertiary/aromatic N) is 1. The Balaban J connectivity index is 2.03. The van der Waals surface area contributed by atoms with Gasteiger partial charge >= 0.3 is 0 Å². The van der Waals surface area contributed by atoms with Gasteiger partial charge in [-0.3, -0.25) is 0 Å². The minimum atomic E-state index is 0.746. The Morgan fingerprint density at radius 1 is 1.33 bits per heavy atom. The average Bonchev–Trinajstić information content (AvgIpc) is 2.24. The van der Waals surface area contributed by atoms with Crippen molar-refractivity contribution in [3.8, 4) is 0 Å². The normalized spacial score (nSPS) is 17.7. The molecule has 82 valence electrons. The van der Waals surface area contributed by atoms with Gasteiger partial charge < -0.3 is 15.9 Å². The van der Waals surface area contributed by atoms with Crippen molar-refractivity contribution in [3.05, 3.63) is 22.7 Å². The molecule has 4 nitrogen and oxygen atoms in total. The quantitative estimate of drug-likeness (QED) is 0.804. The summed E-state index contributed by atoms with van der Waals surface area (Å²) in [4.78, 5) is 0. The zero-order chi connectivity index (χ0) is 10.7. The lowest BCUT2D eigenvalue weighted by atomic mass is 10.3. The highest BCUT2D eigenvalue weighted by Crippen LogP contribution is 2.23. The van der Waals surface area contributed by atoms with E-state index < -0.39 is 0 Å². The third-order valence-electron chi connectivity index (χ3n) is 2.30. The van der Waals surface area contributed by atoms with Gasteiger partial charge in [0.05, 0.1) is 24.6 Å². The number of rotatable bonds is 2. The van der Waals surface area contributed by atoms with Crippen LogP contribution in [0, 0.1) is 0 Å². The van der Waals surface area contributed by atoms with Crippen LogP contribution in [0.5, 0.6) is 0 Å². The molecule has 1 aromatic carbocycles. The Hall–Kier alpha value is -0.780. The molecule has 0 radical (unpaired) electrons. The number of nitrogens with one attached hydrogen (secondary N) is 1. The van der Waals surface area contributed by atoms with Crippen molar-refractivity contribution in [1.29, 1.82) is 0 Å². The van der Waals surface area contributed by atoms with Crippen molar-refractivity contribution in [2.24, 2.45) is 0 Å². The van der Waals surface area contributed by atoms with E-state index in [-0.39, 0.29) is 0 Å². The minimum absolute atomic E-state index is 0.746. The zero-order valence-electron chi connectivity index (χ0n) is 8.37. The van der Waals surface area contributed by atoms with E-state index in [2.05, 4.69) is 26.4 Å². The lowest BCUT2D eigenvalue weighted by molar-refractivity contribution is 0.0497. The third-order valence-corrected chi connectivity index (χ3v) is 2.80. The lowest BCUT2D eigenvalue weighted by Crippen LogP contribution is -2.40.